The summed E-state index contributed by atoms with van der Waals surface area (Å²) in [6.07, 6.45) is 0. The Morgan fingerprint density at radius 1 is 0.488 bits per heavy atom. The van der Waals surface area contributed by atoms with E-state index in [1.54, 1.807) is 0 Å². The molecular weight excluding hydrogens is 507 g/mol. The second kappa shape index (κ2) is 8.59. The molecule has 5 heteroatoms. The molecule has 1 aliphatic heterocycles. The molecular formula is C36H29BO4. The Hall–Kier alpha value is -4.32. The first-order valence-corrected chi connectivity index (χ1v) is 14.1. The lowest BCUT2D eigenvalue weighted by molar-refractivity contribution is 0.00578. The van der Waals surface area contributed by atoms with E-state index in [1.165, 1.54) is 0 Å². The van der Waals surface area contributed by atoms with Crippen molar-refractivity contribution in [2.75, 3.05) is 0 Å². The van der Waals surface area contributed by atoms with Crippen molar-refractivity contribution in [3.8, 4) is 22.3 Å². The molecule has 0 saturated carbocycles. The summed E-state index contributed by atoms with van der Waals surface area (Å²) in [4.78, 5) is 0. The van der Waals surface area contributed by atoms with Crippen LogP contribution in [0.4, 0.5) is 0 Å². The molecule has 5 aromatic carbocycles. The Morgan fingerprint density at radius 3 is 1.41 bits per heavy atom. The number of rotatable bonds is 3. The molecule has 0 unspecified atom stereocenters. The van der Waals surface area contributed by atoms with Crippen LogP contribution >= 0.6 is 0 Å². The average Bonchev–Trinajstić information content (AvgIpc) is 3.61. The highest BCUT2D eigenvalue weighted by Crippen LogP contribution is 2.42. The smallest absolute Gasteiger partial charge is 0.456 e. The molecule has 0 amide bonds. The Balaban J connectivity index is 1.41. The molecule has 0 N–H and O–H groups in total. The summed E-state index contributed by atoms with van der Waals surface area (Å²) >= 11 is 0. The molecule has 1 saturated heterocycles. The molecule has 4 nitrogen and oxygen atoms in total. The SMILES string of the molecule is CC1(C)OB(c2cc(-c3cccc4oc5ccccc5c34)cc(-c3cccc4oc5ccccc5c34)c2)OC1(C)C. The fourth-order valence-electron chi connectivity index (χ4n) is 6.11. The van der Waals surface area contributed by atoms with E-state index in [4.69, 9.17) is 18.1 Å². The van der Waals surface area contributed by atoms with Crippen molar-refractivity contribution >= 4 is 56.5 Å². The fraction of sp³-hybridized carbons (Fsp3) is 0.167. The van der Waals surface area contributed by atoms with Crippen molar-refractivity contribution in [1.82, 2.24) is 0 Å². The van der Waals surface area contributed by atoms with Crippen LogP contribution in [0.1, 0.15) is 27.7 Å². The lowest BCUT2D eigenvalue weighted by Crippen LogP contribution is -2.41. The summed E-state index contributed by atoms with van der Waals surface area (Å²) in [5.74, 6) is 0. The highest BCUT2D eigenvalue weighted by molar-refractivity contribution is 6.62. The highest BCUT2D eigenvalue weighted by Gasteiger charge is 2.51. The van der Waals surface area contributed by atoms with Crippen molar-refractivity contribution < 1.29 is 18.1 Å². The van der Waals surface area contributed by atoms with E-state index in [-0.39, 0.29) is 0 Å². The van der Waals surface area contributed by atoms with Crippen LogP contribution in [0.3, 0.4) is 0 Å². The van der Waals surface area contributed by atoms with Crippen molar-refractivity contribution in [2.45, 2.75) is 38.9 Å². The molecule has 0 bridgehead atoms. The minimum absolute atomic E-state index is 0.449. The summed E-state index contributed by atoms with van der Waals surface area (Å²) < 4.78 is 25.6. The van der Waals surface area contributed by atoms with Crippen LogP contribution in [0, 0.1) is 0 Å². The Bertz CT molecular complexity index is 1980. The van der Waals surface area contributed by atoms with Crippen LogP contribution in [-0.4, -0.2) is 18.3 Å². The number of hydrogen-bond acceptors (Lipinski definition) is 4. The number of benzene rings is 5. The number of para-hydroxylation sites is 2. The van der Waals surface area contributed by atoms with Crippen LogP contribution in [0.2, 0.25) is 0 Å². The molecule has 0 atom stereocenters. The monoisotopic (exact) mass is 536 g/mol. The van der Waals surface area contributed by atoms with Crippen molar-refractivity contribution in [1.29, 1.82) is 0 Å². The molecule has 2 aromatic heterocycles. The zero-order valence-corrected chi connectivity index (χ0v) is 23.5. The number of furan rings is 2. The topological polar surface area (TPSA) is 44.7 Å². The van der Waals surface area contributed by atoms with Gasteiger partial charge in [0.2, 0.25) is 0 Å². The van der Waals surface area contributed by atoms with Gasteiger partial charge in [0.1, 0.15) is 22.3 Å². The van der Waals surface area contributed by atoms with Crippen molar-refractivity contribution in [3.63, 3.8) is 0 Å². The van der Waals surface area contributed by atoms with Crippen LogP contribution in [0.25, 0.3) is 66.1 Å². The first-order chi connectivity index (χ1) is 19.8. The van der Waals surface area contributed by atoms with Gasteiger partial charge in [-0.3, -0.25) is 0 Å². The largest absolute Gasteiger partial charge is 0.494 e. The lowest BCUT2D eigenvalue weighted by atomic mass is 9.76. The summed E-state index contributed by atoms with van der Waals surface area (Å²) in [7, 11) is -0.501. The molecule has 1 aliphatic rings. The Morgan fingerprint density at radius 2 is 0.927 bits per heavy atom. The van der Waals surface area contributed by atoms with Gasteiger partial charge in [-0.1, -0.05) is 72.8 Å². The molecule has 0 radical (unpaired) electrons. The van der Waals surface area contributed by atoms with E-state index < -0.39 is 18.3 Å². The summed E-state index contributed by atoms with van der Waals surface area (Å²) in [5, 5.41) is 4.41. The van der Waals surface area contributed by atoms with Crippen LogP contribution in [-0.2, 0) is 9.31 Å². The maximum Gasteiger partial charge on any atom is 0.494 e. The van der Waals surface area contributed by atoms with Gasteiger partial charge in [0, 0.05) is 21.5 Å². The fourth-order valence-corrected chi connectivity index (χ4v) is 6.11. The first-order valence-electron chi connectivity index (χ1n) is 14.1. The van der Waals surface area contributed by atoms with Gasteiger partial charge in [0.25, 0.3) is 0 Å². The average molecular weight is 536 g/mol. The zero-order chi connectivity index (χ0) is 27.9. The van der Waals surface area contributed by atoms with Crippen LogP contribution in [0.15, 0.2) is 112 Å². The lowest BCUT2D eigenvalue weighted by Gasteiger charge is -2.32. The zero-order valence-electron chi connectivity index (χ0n) is 23.5. The number of fused-ring (bicyclic) bond motifs is 6. The van der Waals surface area contributed by atoms with Crippen molar-refractivity contribution in [3.05, 3.63) is 103 Å². The third-order valence-electron chi connectivity index (χ3n) is 8.91. The minimum atomic E-state index is -0.501. The van der Waals surface area contributed by atoms with Crippen LogP contribution < -0.4 is 5.46 Å². The van der Waals surface area contributed by atoms with Gasteiger partial charge in [0.05, 0.1) is 11.2 Å². The second-order valence-corrected chi connectivity index (χ2v) is 12.0. The van der Waals surface area contributed by atoms with Gasteiger partial charge < -0.3 is 18.1 Å². The molecule has 8 rings (SSSR count). The maximum atomic E-state index is 6.56. The molecule has 1 fully saturated rings. The van der Waals surface area contributed by atoms with Gasteiger partial charge >= 0.3 is 7.12 Å². The normalized spacial score (nSPS) is 16.4. The van der Waals surface area contributed by atoms with E-state index in [0.717, 1.165) is 71.6 Å². The standard InChI is InChI=1S/C36H29BO4/c1-35(2)36(3,4)41-37(40-35)24-20-22(25-13-9-17-31-33(25)27-11-5-7-15-29(27)38-31)19-23(21-24)26-14-10-18-32-34(26)28-12-6-8-16-30(28)39-32/h5-21H,1-4H3. The van der Waals surface area contributed by atoms with E-state index >= 15 is 0 Å². The Labute approximate surface area is 238 Å². The van der Waals surface area contributed by atoms with E-state index in [2.05, 4.69) is 94.4 Å². The quantitative estimate of drug-likeness (QED) is 0.211. The van der Waals surface area contributed by atoms with Gasteiger partial charge in [-0.25, -0.2) is 0 Å². The highest BCUT2D eigenvalue weighted by atomic mass is 16.7. The third-order valence-corrected chi connectivity index (χ3v) is 8.91. The van der Waals surface area contributed by atoms with Gasteiger partial charge in [-0.2, -0.15) is 0 Å². The van der Waals surface area contributed by atoms with Crippen molar-refractivity contribution in [2.24, 2.45) is 0 Å². The molecule has 3 heterocycles. The van der Waals surface area contributed by atoms with Gasteiger partial charge in [-0.05, 0) is 85.7 Å². The first kappa shape index (κ1) is 24.5. The molecule has 0 spiro atoms. The second-order valence-electron chi connectivity index (χ2n) is 12.0. The van der Waals surface area contributed by atoms with Gasteiger partial charge in [-0.15, -0.1) is 0 Å². The predicted molar refractivity (Wildman–Crippen MR) is 168 cm³/mol. The number of hydrogen-bond donors (Lipinski definition) is 0. The summed E-state index contributed by atoms with van der Waals surface area (Å²) in [6, 6.07) is 35.7. The van der Waals surface area contributed by atoms with Gasteiger partial charge in [0.15, 0.2) is 0 Å². The minimum Gasteiger partial charge on any atom is -0.456 e. The third kappa shape index (κ3) is 3.69. The summed E-state index contributed by atoms with van der Waals surface area (Å²) in [5.41, 5.74) is 7.95. The molecule has 41 heavy (non-hydrogen) atoms. The maximum absolute atomic E-state index is 6.56. The molecule has 200 valence electrons. The van der Waals surface area contributed by atoms with E-state index in [0.29, 0.717) is 0 Å². The van der Waals surface area contributed by atoms with E-state index in [1.807, 2.05) is 36.4 Å². The summed E-state index contributed by atoms with van der Waals surface area (Å²) in [6.45, 7) is 8.37. The van der Waals surface area contributed by atoms with E-state index in [9.17, 15) is 0 Å². The Kier molecular flexibility index (Phi) is 5.13. The molecule has 7 aromatic rings. The predicted octanol–water partition coefficient (Wildman–Crippen LogP) is 9.12. The van der Waals surface area contributed by atoms with Crippen LogP contribution in [0.5, 0.6) is 0 Å². The molecule has 0 aliphatic carbocycles.